The molecule has 1 aromatic heterocycles. The molecule has 1 heterocycles. The van der Waals surface area contributed by atoms with Crippen LogP contribution in [0.3, 0.4) is 0 Å². The maximum Gasteiger partial charge on any atom is 0.230 e. The van der Waals surface area contributed by atoms with Crippen LogP contribution in [-0.2, 0) is 29.0 Å². The zero-order valence-corrected chi connectivity index (χ0v) is 18.0. The molecule has 0 saturated carbocycles. The second-order valence-electron chi connectivity index (χ2n) is 7.11. The van der Waals surface area contributed by atoms with Crippen LogP contribution in [0.25, 0.3) is 0 Å². The van der Waals surface area contributed by atoms with Gasteiger partial charge in [-0.1, -0.05) is 37.7 Å². The quantitative estimate of drug-likeness (QED) is 0.508. The Morgan fingerprint density at radius 3 is 2.55 bits per heavy atom. The summed E-state index contributed by atoms with van der Waals surface area (Å²) in [6.45, 7) is 5.48. The molecule has 158 valence electrons. The first kappa shape index (κ1) is 22.7. The summed E-state index contributed by atoms with van der Waals surface area (Å²) in [5, 5.41) is 12.0. The molecule has 2 amide bonds. The number of carbonyl (C=O) groups excluding carboxylic acids is 2. The van der Waals surface area contributed by atoms with E-state index in [1.165, 1.54) is 11.8 Å². The first-order valence-corrected chi connectivity index (χ1v) is 10.6. The fourth-order valence-electron chi connectivity index (χ4n) is 2.71. The molecule has 0 radical (unpaired) electrons. The Bertz CT molecular complexity index is 805. The molecule has 0 atom stereocenters. The third-order valence-electron chi connectivity index (χ3n) is 4.16. The third-order valence-corrected chi connectivity index (χ3v) is 5.13. The minimum atomic E-state index is -0.366. The van der Waals surface area contributed by atoms with Crippen LogP contribution in [0, 0.1) is 5.92 Å². The van der Waals surface area contributed by atoms with Gasteiger partial charge in [0.05, 0.1) is 12.9 Å². The number of nitrogens with two attached hydrogens (primary N) is 1. The fourth-order valence-corrected chi connectivity index (χ4v) is 3.51. The van der Waals surface area contributed by atoms with E-state index in [0.717, 1.165) is 30.1 Å². The summed E-state index contributed by atoms with van der Waals surface area (Å²) in [5.74, 6) is 1.76. The van der Waals surface area contributed by atoms with Crippen molar-refractivity contribution in [2.45, 2.75) is 44.8 Å². The average Bonchev–Trinajstić information content (AvgIpc) is 3.06. The number of hydrogen-bond acceptors (Lipinski definition) is 6. The molecule has 0 spiro atoms. The summed E-state index contributed by atoms with van der Waals surface area (Å²) < 4.78 is 7.11. The number of thioether (sulfide) groups is 1. The lowest BCUT2D eigenvalue weighted by molar-refractivity contribution is -0.119. The molecule has 0 aliphatic rings. The normalized spacial score (nSPS) is 10.9. The van der Waals surface area contributed by atoms with Gasteiger partial charge in [-0.2, -0.15) is 0 Å². The van der Waals surface area contributed by atoms with Gasteiger partial charge in [0.25, 0.3) is 0 Å². The van der Waals surface area contributed by atoms with Crippen LogP contribution in [-0.4, -0.2) is 46.0 Å². The number of nitrogens with zero attached hydrogens (tertiary/aromatic N) is 3. The van der Waals surface area contributed by atoms with Crippen molar-refractivity contribution in [3.8, 4) is 5.75 Å². The van der Waals surface area contributed by atoms with Gasteiger partial charge in [0.1, 0.15) is 11.6 Å². The minimum absolute atomic E-state index is 0.0544. The summed E-state index contributed by atoms with van der Waals surface area (Å²) in [6.07, 6.45) is 1.43. The lowest BCUT2D eigenvalue weighted by Gasteiger charge is -2.12. The zero-order valence-electron chi connectivity index (χ0n) is 17.2. The second-order valence-corrected chi connectivity index (χ2v) is 8.05. The Morgan fingerprint density at radius 1 is 1.21 bits per heavy atom. The molecule has 0 saturated heterocycles. The number of aromatic nitrogens is 3. The Morgan fingerprint density at radius 2 is 1.93 bits per heavy atom. The van der Waals surface area contributed by atoms with Gasteiger partial charge < -0.3 is 20.4 Å². The van der Waals surface area contributed by atoms with Crippen LogP contribution in [0.15, 0.2) is 29.4 Å². The number of primary amides is 1. The number of hydrogen-bond donors (Lipinski definition) is 2. The molecule has 0 fully saturated rings. The number of methoxy groups -OCH3 is 1. The summed E-state index contributed by atoms with van der Waals surface area (Å²) in [6, 6.07) is 7.79. The van der Waals surface area contributed by atoms with E-state index in [1.807, 2.05) is 28.8 Å². The van der Waals surface area contributed by atoms with E-state index < -0.39 is 0 Å². The van der Waals surface area contributed by atoms with Crippen molar-refractivity contribution in [2.75, 3.05) is 19.4 Å². The Balaban J connectivity index is 1.84. The van der Waals surface area contributed by atoms with Crippen LogP contribution in [0.1, 0.15) is 31.7 Å². The molecule has 2 rings (SSSR count). The van der Waals surface area contributed by atoms with Gasteiger partial charge in [-0.25, -0.2) is 0 Å². The molecule has 1 aromatic carbocycles. The van der Waals surface area contributed by atoms with Crippen LogP contribution in [0.5, 0.6) is 5.75 Å². The van der Waals surface area contributed by atoms with E-state index in [4.69, 9.17) is 10.5 Å². The third kappa shape index (κ3) is 7.77. The van der Waals surface area contributed by atoms with E-state index in [2.05, 4.69) is 29.4 Å². The van der Waals surface area contributed by atoms with Gasteiger partial charge in [0.2, 0.25) is 11.8 Å². The summed E-state index contributed by atoms with van der Waals surface area (Å²) in [7, 11) is 1.63. The van der Waals surface area contributed by atoms with Gasteiger partial charge in [0, 0.05) is 25.9 Å². The van der Waals surface area contributed by atoms with Crippen molar-refractivity contribution in [1.29, 1.82) is 0 Å². The largest absolute Gasteiger partial charge is 0.497 e. The maximum atomic E-state index is 12.2. The molecular formula is C20H29N5O3S. The molecule has 0 aliphatic heterocycles. The summed E-state index contributed by atoms with van der Waals surface area (Å²) in [4.78, 5) is 23.3. The van der Waals surface area contributed by atoms with E-state index in [-0.39, 0.29) is 24.0 Å². The molecule has 0 unspecified atom stereocenters. The second kappa shape index (κ2) is 11.5. The Kier molecular flexibility index (Phi) is 8.98. The van der Waals surface area contributed by atoms with Crippen molar-refractivity contribution in [1.82, 2.24) is 20.1 Å². The van der Waals surface area contributed by atoms with Crippen LogP contribution >= 0.6 is 11.8 Å². The number of carbonyl (C=O) groups is 2. The highest BCUT2D eigenvalue weighted by Gasteiger charge is 2.15. The fraction of sp³-hybridized carbons (Fsp3) is 0.500. The predicted octanol–water partition coefficient (Wildman–Crippen LogP) is 1.81. The Hall–Kier alpha value is -2.55. The number of benzene rings is 1. The number of aryl methyl sites for hydroxylation is 1. The average molecular weight is 420 g/mol. The van der Waals surface area contributed by atoms with Gasteiger partial charge in [-0.15, -0.1) is 10.2 Å². The lowest BCUT2D eigenvalue weighted by Crippen LogP contribution is -2.27. The van der Waals surface area contributed by atoms with Crippen LogP contribution in [0.2, 0.25) is 0 Å². The molecule has 9 heteroatoms. The number of nitrogens with one attached hydrogen (secondary N) is 1. The van der Waals surface area contributed by atoms with E-state index in [9.17, 15) is 9.59 Å². The van der Waals surface area contributed by atoms with Gasteiger partial charge >= 0.3 is 0 Å². The monoisotopic (exact) mass is 419 g/mol. The van der Waals surface area contributed by atoms with Crippen molar-refractivity contribution in [3.05, 3.63) is 35.7 Å². The van der Waals surface area contributed by atoms with Crippen LogP contribution in [0.4, 0.5) is 0 Å². The van der Waals surface area contributed by atoms with Crippen molar-refractivity contribution >= 4 is 23.6 Å². The van der Waals surface area contributed by atoms with Crippen LogP contribution < -0.4 is 15.8 Å². The maximum absolute atomic E-state index is 12.2. The molecule has 2 aromatic rings. The first-order chi connectivity index (χ1) is 13.9. The molecular weight excluding hydrogens is 390 g/mol. The lowest BCUT2D eigenvalue weighted by atomic mass is 10.1. The topological polar surface area (TPSA) is 112 Å². The van der Waals surface area contributed by atoms with Gasteiger partial charge in [0.15, 0.2) is 5.16 Å². The van der Waals surface area contributed by atoms with E-state index >= 15 is 0 Å². The molecule has 29 heavy (non-hydrogen) atoms. The van der Waals surface area contributed by atoms with Crippen molar-refractivity contribution < 1.29 is 14.3 Å². The summed E-state index contributed by atoms with van der Waals surface area (Å²) in [5.41, 5.74) is 6.37. The van der Waals surface area contributed by atoms with Crippen molar-refractivity contribution in [3.63, 3.8) is 0 Å². The van der Waals surface area contributed by atoms with Gasteiger partial charge in [-0.05, 0) is 30.0 Å². The highest BCUT2D eigenvalue weighted by Crippen LogP contribution is 2.19. The standard InChI is InChI=1S/C20H29N5O3S/c1-14(2)12-25-18(9-8-17(21)26)23-24-20(25)29-13-19(27)22-11-10-15-4-6-16(28-3)7-5-15/h4-7,14H,8-13H2,1-3H3,(H2,21,26)(H,22,27). The SMILES string of the molecule is COc1ccc(CCNC(=O)CSc2nnc(CCC(N)=O)n2CC(C)C)cc1. The number of amides is 2. The first-order valence-electron chi connectivity index (χ1n) is 9.61. The summed E-state index contributed by atoms with van der Waals surface area (Å²) >= 11 is 1.35. The highest BCUT2D eigenvalue weighted by molar-refractivity contribution is 7.99. The smallest absolute Gasteiger partial charge is 0.230 e. The highest BCUT2D eigenvalue weighted by atomic mass is 32.2. The van der Waals surface area contributed by atoms with Crippen molar-refractivity contribution in [2.24, 2.45) is 11.7 Å². The number of rotatable bonds is 12. The van der Waals surface area contributed by atoms with Gasteiger partial charge in [-0.3, -0.25) is 9.59 Å². The van der Waals surface area contributed by atoms with E-state index in [0.29, 0.717) is 24.0 Å². The number of ether oxygens (including phenoxy) is 1. The predicted molar refractivity (Wildman–Crippen MR) is 113 cm³/mol. The molecule has 0 bridgehead atoms. The minimum Gasteiger partial charge on any atom is -0.497 e. The Labute approximate surface area is 175 Å². The molecule has 3 N–H and O–H groups in total. The van der Waals surface area contributed by atoms with E-state index in [1.54, 1.807) is 7.11 Å². The molecule has 8 nitrogen and oxygen atoms in total. The zero-order chi connectivity index (χ0) is 21.2. The molecule has 0 aliphatic carbocycles.